The summed E-state index contributed by atoms with van der Waals surface area (Å²) in [5, 5.41) is 6.33. The molecule has 0 spiro atoms. The van der Waals surface area contributed by atoms with E-state index >= 15 is 0 Å². The van der Waals surface area contributed by atoms with Gasteiger partial charge in [-0.2, -0.15) is 5.10 Å². The van der Waals surface area contributed by atoms with E-state index in [4.69, 9.17) is 11.6 Å². The highest BCUT2D eigenvalue weighted by atomic mass is 35.5. The van der Waals surface area contributed by atoms with Gasteiger partial charge in [0.25, 0.3) is 5.56 Å². The second-order valence-electron chi connectivity index (χ2n) is 4.43. The largest absolute Gasteiger partial charge is 0.372 e. The summed E-state index contributed by atoms with van der Waals surface area (Å²) in [4.78, 5) is 13.3. The first-order valence-corrected chi connectivity index (χ1v) is 6.00. The summed E-state index contributed by atoms with van der Waals surface area (Å²) in [6.07, 6.45) is 6.80. The van der Waals surface area contributed by atoms with Gasteiger partial charge in [0.15, 0.2) is 0 Å². The number of aromatic nitrogens is 2. The monoisotopic (exact) mass is 241 g/mol. The van der Waals surface area contributed by atoms with Crippen molar-refractivity contribution in [2.24, 2.45) is 5.92 Å². The maximum atomic E-state index is 11.3. The van der Waals surface area contributed by atoms with E-state index in [1.54, 1.807) is 6.20 Å². The lowest BCUT2D eigenvalue weighted by Gasteiger charge is -2.23. The molecular formula is C11H16ClN3O. The molecule has 2 rings (SSSR count). The Morgan fingerprint density at radius 2 is 2.25 bits per heavy atom. The Labute approximate surface area is 99.6 Å². The Hall–Kier alpha value is -1.03. The summed E-state index contributed by atoms with van der Waals surface area (Å²) in [5.41, 5.74) is 0.398. The predicted octanol–water partition coefficient (Wildman–Crippen LogP) is 2.05. The molecule has 88 valence electrons. The van der Waals surface area contributed by atoms with Crippen molar-refractivity contribution in [2.45, 2.75) is 25.7 Å². The van der Waals surface area contributed by atoms with Crippen LogP contribution in [0.1, 0.15) is 25.7 Å². The van der Waals surface area contributed by atoms with Gasteiger partial charge in [0.1, 0.15) is 5.02 Å². The van der Waals surface area contributed by atoms with Crippen LogP contribution in [0.5, 0.6) is 0 Å². The number of nitrogens with zero attached hydrogens (tertiary/aromatic N) is 2. The summed E-state index contributed by atoms with van der Waals surface area (Å²) >= 11 is 5.95. The van der Waals surface area contributed by atoms with Gasteiger partial charge < -0.3 is 4.90 Å². The first-order valence-electron chi connectivity index (χ1n) is 5.63. The lowest BCUT2D eigenvalue weighted by atomic mass is 10.1. The van der Waals surface area contributed by atoms with Crippen LogP contribution >= 0.6 is 11.6 Å². The fourth-order valence-electron chi connectivity index (χ4n) is 2.32. The molecule has 0 amide bonds. The highest BCUT2D eigenvalue weighted by Gasteiger charge is 2.18. The third-order valence-electron chi connectivity index (χ3n) is 3.20. The standard InChI is InChI=1S/C11H16ClN3O/c1-15(7-8-4-2-3-5-8)9-6-13-14-11(16)10(9)12/h6,8H,2-5,7H2,1H3,(H,14,16). The molecule has 1 aromatic rings. The molecule has 4 nitrogen and oxygen atoms in total. The number of anilines is 1. The quantitative estimate of drug-likeness (QED) is 0.881. The normalized spacial score (nSPS) is 16.6. The molecule has 0 bridgehead atoms. The molecule has 1 heterocycles. The molecule has 1 fully saturated rings. The fourth-order valence-corrected chi connectivity index (χ4v) is 2.55. The molecule has 1 aliphatic carbocycles. The first-order chi connectivity index (χ1) is 7.68. The second-order valence-corrected chi connectivity index (χ2v) is 4.81. The van der Waals surface area contributed by atoms with Crippen molar-refractivity contribution in [3.05, 3.63) is 21.6 Å². The minimum atomic E-state index is -0.322. The number of rotatable bonds is 3. The van der Waals surface area contributed by atoms with Crippen molar-refractivity contribution >= 4 is 17.3 Å². The molecule has 0 aliphatic heterocycles. The Bertz CT molecular complexity index is 412. The van der Waals surface area contributed by atoms with E-state index in [0.717, 1.165) is 18.2 Å². The number of halogens is 1. The van der Waals surface area contributed by atoms with Crippen LogP contribution < -0.4 is 10.5 Å². The predicted molar refractivity (Wildman–Crippen MR) is 65.1 cm³/mol. The average molecular weight is 242 g/mol. The van der Waals surface area contributed by atoms with Crippen LogP contribution in [-0.2, 0) is 0 Å². The van der Waals surface area contributed by atoms with E-state index in [9.17, 15) is 4.79 Å². The molecule has 1 saturated carbocycles. The zero-order valence-corrected chi connectivity index (χ0v) is 10.1. The van der Waals surface area contributed by atoms with Gasteiger partial charge in [-0.3, -0.25) is 4.79 Å². The zero-order valence-electron chi connectivity index (χ0n) is 9.37. The summed E-state index contributed by atoms with van der Waals surface area (Å²) < 4.78 is 0. The van der Waals surface area contributed by atoms with Crippen LogP contribution in [0.2, 0.25) is 5.02 Å². The molecule has 5 heteroatoms. The number of aromatic amines is 1. The summed E-state index contributed by atoms with van der Waals surface area (Å²) in [6.45, 7) is 0.949. The van der Waals surface area contributed by atoms with Crippen molar-refractivity contribution in [1.82, 2.24) is 10.2 Å². The van der Waals surface area contributed by atoms with Crippen molar-refractivity contribution < 1.29 is 0 Å². The smallest absolute Gasteiger partial charge is 0.285 e. The number of H-pyrrole nitrogens is 1. The van der Waals surface area contributed by atoms with Gasteiger partial charge in [-0.05, 0) is 18.8 Å². The molecule has 0 radical (unpaired) electrons. The lowest BCUT2D eigenvalue weighted by Crippen LogP contribution is -2.26. The van der Waals surface area contributed by atoms with Gasteiger partial charge >= 0.3 is 0 Å². The summed E-state index contributed by atoms with van der Waals surface area (Å²) in [6, 6.07) is 0. The molecule has 1 aromatic heterocycles. The van der Waals surface area contributed by atoms with Gasteiger partial charge in [0.2, 0.25) is 0 Å². The highest BCUT2D eigenvalue weighted by molar-refractivity contribution is 6.32. The third kappa shape index (κ3) is 2.38. The van der Waals surface area contributed by atoms with E-state index in [-0.39, 0.29) is 10.6 Å². The molecule has 0 saturated heterocycles. The molecule has 1 aliphatic rings. The number of hydrogen-bond donors (Lipinski definition) is 1. The maximum Gasteiger partial charge on any atom is 0.285 e. The lowest BCUT2D eigenvalue weighted by molar-refractivity contribution is 0.546. The Kier molecular flexibility index (Phi) is 3.49. The number of hydrogen-bond acceptors (Lipinski definition) is 3. The minimum absolute atomic E-state index is 0.232. The van der Waals surface area contributed by atoms with E-state index < -0.39 is 0 Å². The van der Waals surface area contributed by atoms with E-state index in [2.05, 4.69) is 10.2 Å². The SMILES string of the molecule is CN(CC1CCCC1)c1cn[nH]c(=O)c1Cl. The molecule has 0 unspecified atom stereocenters. The molecule has 0 aromatic carbocycles. The Morgan fingerprint density at radius 3 is 2.94 bits per heavy atom. The van der Waals surface area contributed by atoms with Crippen LogP contribution in [0.15, 0.2) is 11.0 Å². The van der Waals surface area contributed by atoms with Crippen molar-refractivity contribution in [1.29, 1.82) is 0 Å². The zero-order chi connectivity index (χ0) is 11.5. The van der Waals surface area contributed by atoms with Crippen LogP contribution in [0.4, 0.5) is 5.69 Å². The van der Waals surface area contributed by atoms with Crippen LogP contribution in [0.3, 0.4) is 0 Å². The third-order valence-corrected chi connectivity index (χ3v) is 3.56. The van der Waals surface area contributed by atoms with Crippen LogP contribution in [0.25, 0.3) is 0 Å². The van der Waals surface area contributed by atoms with Crippen molar-refractivity contribution in [3.63, 3.8) is 0 Å². The molecule has 1 N–H and O–H groups in total. The van der Waals surface area contributed by atoms with Gasteiger partial charge in [-0.1, -0.05) is 24.4 Å². The first kappa shape index (κ1) is 11.5. The molecular weight excluding hydrogens is 226 g/mol. The van der Waals surface area contributed by atoms with Gasteiger partial charge in [0.05, 0.1) is 11.9 Å². The fraction of sp³-hybridized carbons (Fsp3) is 0.636. The highest BCUT2D eigenvalue weighted by Crippen LogP contribution is 2.27. The topological polar surface area (TPSA) is 49.0 Å². The Balaban J connectivity index is 2.10. The van der Waals surface area contributed by atoms with Gasteiger partial charge in [0, 0.05) is 13.6 Å². The average Bonchev–Trinajstić information content (AvgIpc) is 2.74. The van der Waals surface area contributed by atoms with Crippen molar-refractivity contribution in [2.75, 3.05) is 18.5 Å². The van der Waals surface area contributed by atoms with Gasteiger partial charge in [-0.15, -0.1) is 0 Å². The summed E-state index contributed by atoms with van der Waals surface area (Å²) in [7, 11) is 1.96. The van der Waals surface area contributed by atoms with Crippen LogP contribution in [0, 0.1) is 5.92 Å². The van der Waals surface area contributed by atoms with E-state index in [0.29, 0.717) is 0 Å². The van der Waals surface area contributed by atoms with Crippen molar-refractivity contribution in [3.8, 4) is 0 Å². The minimum Gasteiger partial charge on any atom is -0.372 e. The summed E-state index contributed by atoms with van der Waals surface area (Å²) in [5.74, 6) is 0.723. The van der Waals surface area contributed by atoms with Crippen LogP contribution in [-0.4, -0.2) is 23.8 Å². The molecule has 16 heavy (non-hydrogen) atoms. The molecule has 0 atom stereocenters. The Morgan fingerprint density at radius 1 is 1.56 bits per heavy atom. The van der Waals surface area contributed by atoms with E-state index in [1.165, 1.54) is 25.7 Å². The van der Waals surface area contributed by atoms with Gasteiger partial charge in [-0.25, -0.2) is 5.10 Å². The number of nitrogens with one attached hydrogen (secondary N) is 1. The maximum absolute atomic E-state index is 11.3. The van der Waals surface area contributed by atoms with E-state index in [1.807, 2.05) is 11.9 Å². The second kappa shape index (κ2) is 4.87.